The van der Waals surface area contributed by atoms with Crippen molar-refractivity contribution in [1.29, 1.82) is 0 Å². The summed E-state index contributed by atoms with van der Waals surface area (Å²) in [5.41, 5.74) is 1.36. The Kier molecular flexibility index (Phi) is 10.7. The predicted octanol–water partition coefficient (Wildman–Crippen LogP) is 5.59. The SMILES string of the molecule is C[C@]12CC[C@H]3[C@@H](CCC4=CC(=O)CC[C@@]43C)[C@@H]1CC[C@@H]2OC(=O)OCOC(=O)CNCOC(=O)CCCCCBr. The molecule has 0 unspecified atom stereocenters. The van der Waals surface area contributed by atoms with Gasteiger partial charge < -0.3 is 18.9 Å². The normalized spacial score (nSPS) is 32.7. The summed E-state index contributed by atoms with van der Waals surface area (Å²) in [7, 11) is 0. The number of ketones is 1. The summed E-state index contributed by atoms with van der Waals surface area (Å²) in [6.07, 6.45) is 11.5. The number of fused-ring (bicyclic) bond motifs is 5. The lowest BCUT2D eigenvalue weighted by Gasteiger charge is -2.57. The van der Waals surface area contributed by atoms with Crippen molar-refractivity contribution in [2.24, 2.45) is 28.6 Å². The molecule has 3 fully saturated rings. The standard InChI is InChI=1S/C30H44BrNO8/c1-29-13-11-21(33)16-20(29)7-8-22-23-9-10-25(30(23,2)14-12-24(22)29)40-28(36)39-19-38-27(35)17-32-18-37-26(34)6-4-3-5-15-31/h16,22-25,32H,3-15,17-19H2,1-2H3/t22-,23-,24-,25-,29-,30-/m0/s1. The number of halogens is 1. The number of ether oxygens (including phenoxy) is 4. The summed E-state index contributed by atoms with van der Waals surface area (Å²) in [5.74, 6) is 0.954. The Morgan fingerprint density at radius 1 is 0.950 bits per heavy atom. The fraction of sp³-hybridized carbons (Fsp3) is 0.800. The highest BCUT2D eigenvalue weighted by Crippen LogP contribution is 2.65. The molecule has 0 aromatic heterocycles. The van der Waals surface area contributed by atoms with Gasteiger partial charge in [-0.25, -0.2) is 4.79 Å². The average Bonchev–Trinajstić information content (AvgIpc) is 3.25. The largest absolute Gasteiger partial charge is 0.511 e. The van der Waals surface area contributed by atoms with Gasteiger partial charge in [-0.15, -0.1) is 0 Å². The molecule has 1 N–H and O–H groups in total. The Morgan fingerprint density at radius 2 is 1.77 bits per heavy atom. The van der Waals surface area contributed by atoms with Gasteiger partial charge in [0, 0.05) is 23.6 Å². The molecule has 0 saturated heterocycles. The third-order valence-corrected chi connectivity index (χ3v) is 10.7. The van der Waals surface area contributed by atoms with Gasteiger partial charge >= 0.3 is 18.1 Å². The highest BCUT2D eigenvalue weighted by Gasteiger charge is 2.60. The number of unbranched alkanes of at least 4 members (excludes halogenated alkanes) is 2. The first-order chi connectivity index (χ1) is 19.2. The van der Waals surface area contributed by atoms with Crippen molar-refractivity contribution >= 4 is 39.8 Å². The topological polar surface area (TPSA) is 117 Å². The van der Waals surface area contributed by atoms with E-state index in [1.165, 1.54) is 5.57 Å². The van der Waals surface area contributed by atoms with Gasteiger partial charge in [-0.3, -0.25) is 19.7 Å². The number of nitrogens with one attached hydrogen (secondary N) is 1. The average molecular weight is 627 g/mol. The van der Waals surface area contributed by atoms with Gasteiger partial charge in [-0.05, 0) is 87.0 Å². The van der Waals surface area contributed by atoms with Crippen LogP contribution in [0.3, 0.4) is 0 Å². The number of rotatable bonds is 12. The molecule has 224 valence electrons. The van der Waals surface area contributed by atoms with Gasteiger partial charge in [0.15, 0.2) is 5.78 Å². The zero-order valence-electron chi connectivity index (χ0n) is 23.8. The van der Waals surface area contributed by atoms with Crippen LogP contribution in [0.1, 0.15) is 90.9 Å². The maximum atomic E-state index is 12.5. The Labute approximate surface area is 245 Å². The van der Waals surface area contributed by atoms with E-state index in [0.29, 0.717) is 30.6 Å². The second-order valence-corrected chi connectivity index (χ2v) is 13.1. The van der Waals surface area contributed by atoms with Crippen molar-refractivity contribution in [2.45, 2.75) is 97.0 Å². The van der Waals surface area contributed by atoms with Crippen LogP contribution in [0.5, 0.6) is 0 Å². The molecule has 4 rings (SSSR count). The lowest BCUT2D eigenvalue weighted by atomic mass is 9.47. The molecule has 4 aliphatic carbocycles. The van der Waals surface area contributed by atoms with E-state index in [9.17, 15) is 19.2 Å². The number of hydrogen-bond donors (Lipinski definition) is 1. The molecule has 6 atom stereocenters. The molecule has 0 heterocycles. The summed E-state index contributed by atoms with van der Waals surface area (Å²) >= 11 is 3.35. The third-order valence-electron chi connectivity index (χ3n) is 10.1. The molecule has 0 radical (unpaired) electrons. The van der Waals surface area contributed by atoms with Crippen molar-refractivity contribution in [3.05, 3.63) is 11.6 Å². The monoisotopic (exact) mass is 625 g/mol. The molecule has 0 amide bonds. The molecule has 4 aliphatic rings. The second kappa shape index (κ2) is 13.8. The van der Waals surface area contributed by atoms with Crippen molar-refractivity contribution in [3.63, 3.8) is 0 Å². The van der Waals surface area contributed by atoms with Crippen LogP contribution in [-0.4, -0.2) is 55.4 Å². The van der Waals surface area contributed by atoms with Crippen LogP contribution >= 0.6 is 15.9 Å². The number of hydrogen-bond acceptors (Lipinski definition) is 9. The Bertz CT molecular complexity index is 985. The number of alkyl halides is 1. The summed E-state index contributed by atoms with van der Waals surface area (Å²) < 4.78 is 20.8. The first-order valence-electron chi connectivity index (χ1n) is 14.8. The van der Waals surface area contributed by atoms with E-state index in [2.05, 4.69) is 35.1 Å². The van der Waals surface area contributed by atoms with E-state index in [4.69, 9.17) is 18.9 Å². The number of carbonyl (C=O) groups excluding carboxylic acids is 4. The highest BCUT2D eigenvalue weighted by molar-refractivity contribution is 9.09. The molecule has 0 aliphatic heterocycles. The van der Waals surface area contributed by atoms with Crippen LogP contribution in [0, 0.1) is 28.6 Å². The summed E-state index contributed by atoms with van der Waals surface area (Å²) in [5, 5.41) is 3.59. The van der Waals surface area contributed by atoms with E-state index < -0.39 is 18.9 Å². The van der Waals surface area contributed by atoms with Crippen LogP contribution in [0.4, 0.5) is 4.79 Å². The highest BCUT2D eigenvalue weighted by atomic mass is 79.9. The first kappa shape index (κ1) is 31.0. The maximum Gasteiger partial charge on any atom is 0.511 e. The van der Waals surface area contributed by atoms with E-state index in [-0.39, 0.29) is 42.0 Å². The van der Waals surface area contributed by atoms with Gasteiger partial charge in [0.2, 0.25) is 6.79 Å². The molecule has 0 aromatic rings. The van der Waals surface area contributed by atoms with E-state index in [1.54, 1.807) is 0 Å². The third kappa shape index (κ3) is 7.09. The van der Waals surface area contributed by atoms with Crippen molar-refractivity contribution in [3.8, 4) is 0 Å². The maximum absolute atomic E-state index is 12.5. The fourth-order valence-corrected chi connectivity index (χ4v) is 8.34. The molecular formula is C30H44BrNO8. The lowest BCUT2D eigenvalue weighted by molar-refractivity contribution is -0.155. The van der Waals surface area contributed by atoms with Gasteiger partial charge in [-0.1, -0.05) is 41.8 Å². The molecule has 40 heavy (non-hydrogen) atoms. The molecule has 9 nitrogen and oxygen atoms in total. The van der Waals surface area contributed by atoms with Crippen LogP contribution in [-0.2, 0) is 33.3 Å². The smallest absolute Gasteiger partial charge is 0.450 e. The van der Waals surface area contributed by atoms with Crippen molar-refractivity contribution < 1.29 is 38.1 Å². The van der Waals surface area contributed by atoms with E-state index >= 15 is 0 Å². The van der Waals surface area contributed by atoms with Gasteiger partial charge in [0.05, 0.1) is 6.54 Å². The summed E-state index contributed by atoms with van der Waals surface area (Å²) in [4.78, 5) is 48.0. The minimum absolute atomic E-state index is 0.0898. The minimum Gasteiger partial charge on any atom is -0.450 e. The van der Waals surface area contributed by atoms with Gasteiger partial charge in [0.25, 0.3) is 0 Å². The molecule has 0 bridgehead atoms. The quantitative estimate of drug-likeness (QED) is 0.0973. The molecule has 0 spiro atoms. The van der Waals surface area contributed by atoms with E-state index in [0.717, 1.165) is 69.5 Å². The van der Waals surface area contributed by atoms with Crippen LogP contribution in [0.25, 0.3) is 0 Å². The number of allylic oxidation sites excluding steroid dienone is 1. The Morgan fingerprint density at radius 3 is 2.58 bits per heavy atom. The number of carbonyl (C=O) groups is 4. The molecule has 10 heteroatoms. The first-order valence-corrected chi connectivity index (χ1v) is 15.9. The Balaban J connectivity index is 1.15. The van der Waals surface area contributed by atoms with Gasteiger partial charge in [0.1, 0.15) is 12.8 Å². The molecular weight excluding hydrogens is 582 g/mol. The van der Waals surface area contributed by atoms with E-state index in [1.807, 2.05) is 6.08 Å². The number of esters is 2. The summed E-state index contributed by atoms with van der Waals surface area (Å²) in [6.45, 7) is 3.82. The van der Waals surface area contributed by atoms with Crippen LogP contribution < -0.4 is 5.32 Å². The minimum atomic E-state index is -0.824. The predicted molar refractivity (Wildman–Crippen MR) is 150 cm³/mol. The van der Waals surface area contributed by atoms with Crippen molar-refractivity contribution in [2.75, 3.05) is 25.4 Å². The zero-order valence-corrected chi connectivity index (χ0v) is 25.4. The fourth-order valence-electron chi connectivity index (χ4n) is 7.95. The van der Waals surface area contributed by atoms with Crippen molar-refractivity contribution in [1.82, 2.24) is 5.32 Å². The zero-order chi connectivity index (χ0) is 28.8. The molecule has 0 aromatic carbocycles. The van der Waals surface area contributed by atoms with Gasteiger partial charge in [-0.2, -0.15) is 0 Å². The second-order valence-electron chi connectivity index (χ2n) is 12.3. The molecule has 3 saturated carbocycles. The lowest BCUT2D eigenvalue weighted by Crippen LogP contribution is -2.51. The summed E-state index contributed by atoms with van der Waals surface area (Å²) in [6, 6.07) is 0. The Hall–Kier alpha value is -1.94. The van der Waals surface area contributed by atoms with Crippen LogP contribution in [0.15, 0.2) is 11.6 Å². The van der Waals surface area contributed by atoms with Crippen LogP contribution in [0.2, 0.25) is 0 Å².